The van der Waals surface area contributed by atoms with E-state index in [-0.39, 0.29) is 12.5 Å². The van der Waals surface area contributed by atoms with Crippen molar-refractivity contribution in [3.63, 3.8) is 0 Å². The molecular formula is C19H20BrClO3. The number of aryl methyl sites for hydroxylation is 2. The molecule has 3 nitrogen and oxygen atoms in total. The van der Waals surface area contributed by atoms with Crippen LogP contribution in [0.2, 0.25) is 5.02 Å². The number of esters is 1. The third-order valence-corrected chi connectivity index (χ3v) is 4.71. The summed E-state index contributed by atoms with van der Waals surface area (Å²) >= 11 is 9.43. The zero-order chi connectivity index (χ0) is 17.9. The van der Waals surface area contributed by atoms with E-state index >= 15 is 0 Å². The predicted molar refractivity (Wildman–Crippen MR) is 100 cm³/mol. The van der Waals surface area contributed by atoms with Gasteiger partial charge < -0.3 is 9.47 Å². The highest BCUT2D eigenvalue weighted by molar-refractivity contribution is 9.10. The van der Waals surface area contributed by atoms with Crippen molar-refractivity contribution in [1.82, 2.24) is 0 Å². The highest BCUT2D eigenvalue weighted by atomic mass is 79.9. The van der Waals surface area contributed by atoms with E-state index in [0.717, 1.165) is 21.2 Å². The average Bonchev–Trinajstić information content (AvgIpc) is 2.50. The Bertz CT molecular complexity index is 757. The fourth-order valence-corrected chi connectivity index (χ4v) is 2.85. The SMILES string of the molecule is Cc1cc(OCC(=O)Oc2ccc(Cl)cc2C)c(C(C)C)cc1Br. The molecule has 0 aliphatic carbocycles. The quantitative estimate of drug-likeness (QED) is 0.459. The summed E-state index contributed by atoms with van der Waals surface area (Å²) in [5.74, 6) is 1.03. The second-order valence-corrected chi connectivity index (χ2v) is 7.26. The van der Waals surface area contributed by atoms with Gasteiger partial charge in [0.05, 0.1) is 0 Å². The van der Waals surface area contributed by atoms with Crippen LogP contribution in [0.1, 0.15) is 36.5 Å². The van der Waals surface area contributed by atoms with Crippen molar-refractivity contribution in [2.75, 3.05) is 6.61 Å². The van der Waals surface area contributed by atoms with Crippen LogP contribution in [0, 0.1) is 13.8 Å². The first-order valence-electron chi connectivity index (χ1n) is 7.67. The van der Waals surface area contributed by atoms with Crippen LogP contribution < -0.4 is 9.47 Å². The summed E-state index contributed by atoms with van der Waals surface area (Å²) in [5, 5.41) is 0.607. The number of carbonyl (C=O) groups is 1. The molecule has 24 heavy (non-hydrogen) atoms. The lowest BCUT2D eigenvalue weighted by Crippen LogP contribution is -2.18. The van der Waals surface area contributed by atoms with Gasteiger partial charge in [0.2, 0.25) is 0 Å². The van der Waals surface area contributed by atoms with E-state index in [1.165, 1.54) is 0 Å². The molecule has 0 heterocycles. The molecule has 0 saturated heterocycles. The zero-order valence-electron chi connectivity index (χ0n) is 14.2. The minimum Gasteiger partial charge on any atom is -0.482 e. The van der Waals surface area contributed by atoms with E-state index in [4.69, 9.17) is 21.1 Å². The molecule has 2 rings (SSSR count). The molecule has 0 amide bonds. The monoisotopic (exact) mass is 410 g/mol. The van der Waals surface area contributed by atoms with Gasteiger partial charge in [-0.2, -0.15) is 0 Å². The Hall–Kier alpha value is -1.52. The van der Waals surface area contributed by atoms with E-state index in [2.05, 4.69) is 29.8 Å². The maximum Gasteiger partial charge on any atom is 0.349 e. The molecule has 0 aliphatic heterocycles. The van der Waals surface area contributed by atoms with Gasteiger partial charge in [0.25, 0.3) is 0 Å². The Balaban J connectivity index is 2.07. The van der Waals surface area contributed by atoms with Crippen molar-refractivity contribution in [2.45, 2.75) is 33.6 Å². The fraction of sp³-hybridized carbons (Fsp3) is 0.316. The Kier molecular flexibility index (Phi) is 6.30. The van der Waals surface area contributed by atoms with Gasteiger partial charge in [-0.15, -0.1) is 0 Å². The minimum atomic E-state index is -0.448. The summed E-state index contributed by atoms with van der Waals surface area (Å²) in [6.45, 7) is 7.84. The summed E-state index contributed by atoms with van der Waals surface area (Å²) in [5.41, 5.74) is 2.90. The second kappa shape index (κ2) is 8.04. The molecule has 0 unspecified atom stereocenters. The number of halogens is 2. The highest BCUT2D eigenvalue weighted by Gasteiger charge is 2.14. The summed E-state index contributed by atoms with van der Waals surface area (Å²) < 4.78 is 12.1. The van der Waals surface area contributed by atoms with Gasteiger partial charge in [0.15, 0.2) is 6.61 Å². The van der Waals surface area contributed by atoms with Gasteiger partial charge >= 0.3 is 5.97 Å². The zero-order valence-corrected chi connectivity index (χ0v) is 16.5. The molecule has 0 saturated carbocycles. The van der Waals surface area contributed by atoms with E-state index in [1.54, 1.807) is 18.2 Å². The third kappa shape index (κ3) is 4.74. The molecule has 2 aromatic rings. The molecule has 0 atom stereocenters. The average molecular weight is 412 g/mol. The van der Waals surface area contributed by atoms with Crippen LogP contribution >= 0.6 is 27.5 Å². The topological polar surface area (TPSA) is 35.5 Å². The Morgan fingerprint density at radius 1 is 1.12 bits per heavy atom. The van der Waals surface area contributed by atoms with Crippen molar-refractivity contribution < 1.29 is 14.3 Å². The molecule has 0 radical (unpaired) electrons. The predicted octanol–water partition coefficient (Wildman–Crippen LogP) is 5.83. The van der Waals surface area contributed by atoms with Crippen LogP contribution in [0.4, 0.5) is 0 Å². The second-order valence-electron chi connectivity index (χ2n) is 5.97. The first-order valence-corrected chi connectivity index (χ1v) is 8.84. The maximum absolute atomic E-state index is 12.1. The van der Waals surface area contributed by atoms with Gasteiger partial charge in [-0.3, -0.25) is 0 Å². The summed E-state index contributed by atoms with van der Waals surface area (Å²) in [6.07, 6.45) is 0. The van der Waals surface area contributed by atoms with Crippen LogP contribution in [-0.4, -0.2) is 12.6 Å². The van der Waals surface area contributed by atoms with Crippen molar-refractivity contribution in [3.8, 4) is 11.5 Å². The Morgan fingerprint density at radius 2 is 1.83 bits per heavy atom. The highest BCUT2D eigenvalue weighted by Crippen LogP contribution is 2.32. The molecule has 0 aromatic heterocycles. The van der Waals surface area contributed by atoms with Crippen LogP contribution in [0.5, 0.6) is 11.5 Å². The Labute approximate surface area is 156 Å². The molecule has 0 spiro atoms. The standard InChI is InChI=1S/C19H20BrClO3/c1-11(2)15-9-16(20)12(3)8-18(15)23-10-19(22)24-17-6-5-14(21)7-13(17)4/h5-9,11H,10H2,1-4H3. The van der Waals surface area contributed by atoms with Crippen LogP contribution in [0.3, 0.4) is 0 Å². The van der Waals surface area contributed by atoms with Gasteiger partial charge in [-0.25, -0.2) is 4.79 Å². The summed E-state index contributed by atoms with van der Waals surface area (Å²) in [4.78, 5) is 12.1. The molecule has 5 heteroatoms. The molecule has 128 valence electrons. The van der Waals surface area contributed by atoms with E-state index in [9.17, 15) is 4.79 Å². The van der Waals surface area contributed by atoms with Crippen molar-refractivity contribution in [1.29, 1.82) is 0 Å². The van der Waals surface area contributed by atoms with Crippen LogP contribution in [-0.2, 0) is 4.79 Å². The molecule has 0 bridgehead atoms. The summed E-state index contributed by atoms with van der Waals surface area (Å²) in [6, 6.07) is 9.08. The molecule has 0 N–H and O–H groups in total. The normalized spacial score (nSPS) is 10.8. The first kappa shape index (κ1) is 18.8. The fourth-order valence-electron chi connectivity index (χ4n) is 2.26. The van der Waals surface area contributed by atoms with E-state index < -0.39 is 5.97 Å². The van der Waals surface area contributed by atoms with Crippen molar-refractivity contribution in [3.05, 3.63) is 56.5 Å². The maximum atomic E-state index is 12.1. The largest absolute Gasteiger partial charge is 0.482 e. The van der Waals surface area contributed by atoms with Crippen LogP contribution in [0.15, 0.2) is 34.8 Å². The number of rotatable bonds is 5. The number of ether oxygens (including phenoxy) is 2. The van der Waals surface area contributed by atoms with Gasteiger partial charge in [0, 0.05) is 9.50 Å². The van der Waals surface area contributed by atoms with Crippen molar-refractivity contribution in [2.24, 2.45) is 0 Å². The van der Waals surface area contributed by atoms with Crippen molar-refractivity contribution >= 4 is 33.5 Å². The number of carbonyl (C=O) groups excluding carboxylic acids is 1. The van der Waals surface area contributed by atoms with Crippen LogP contribution in [0.25, 0.3) is 0 Å². The number of benzene rings is 2. The number of hydrogen-bond acceptors (Lipinski definition) is 3. The third-order valence-electron chi connectivity index (χ3n) is 3.62. The minimum absolute atomic E-state index is 0.150. The first-order chi connectivity index (χ1) is 11.3. The van der Waals surface area contributed by atoms with E-state index in [0.29, 0.717) is 16.5 Å². The van der Waals surface area contributed by atoms with Gasteiger partial charge in [0.1, 0.15) is 11.5 Å². The molecule has 0 aliphatic rings. The Morgan fingerprint density at radius 3 is 2.46 bits per heavy atom. The lowest BCUT2D eigenvalue weighted by Gasteiger charge is -2.16. The van der Waals surface area contributed by atoms with Gasteiger partial charge in [-0.05, 0) is 66.8 Å². The lowest BCUT2D eigenvalue weighted by atomic mass is 10.0. The van der Waals surface area contributed by atoms with E-state index in [1.807, 2.05) is 26.0 Å². The molecular weight excluding hydrogens is 392 g/mol. The number of hydrogen-bond donors (Lipinski definition) is 0. The smallest absolute Gasteiger partial charge is 0.349 e. The van der Waals surface area contributed by atoms with Gasteiger partial charge in [-0.1, -0.05) is 41.4 Å². The summed E-state index contributed by atoms with van der Waals surface area (Å²) in [7, 11) is 0. The molecule has 2 aromatic carbocycles. The molecule has 0 fully saturated rings. The lowest BCUT2D eigenvalue weighted by molar-refractivity contribution is -0.136.